The number of nitriles is 1. The Hall–Kier alpha value is -6.22. The first-order valence-electron chi connectivity index (χ1n) is 18.1. The molecule has 0 radical (unpaired) electrons. The molecule has 0 fully saturated rings. The molecule has 5 rings (SSSR count). The maximum Gasteiger partial charge on any atom is 0.278 e. The number of benzene rings is 3. The molecule has 0 aliphatic carbocycles. The molecule has 12 nitrogen and oxygen atoms in total. The lowest BCUT2D eigenvalue weighted by atomic mass is 9.85. The molecule has 3 aromatic rings. The summed E-state index contributed by atoms with van der Waals surface area (Å²) in [5.74, 6) is -0.633. The van der Waals surface area contributed by atoms with Gasteiger partial charge in [-0.25, -0.2) is 0 Å². The van der Waals surface area contributed by atoms with Gasteiger partial charge in [0.15, 0.2) is 23.0 Å². The average molecular weight is 749 g/mol. The van der Waals surface area contributed by atoms with E-state index >= 15 is 0 Å². The summed E-state index contributed by atoms with van der Waals surface area (Å²) in [6.07, 6.45) is 1.22. The molecule has 2 aliphatic heterocycles. The first-order valence-corrected chi connectivity index (χ1v) is 18.1. The van der Waals surface area contributed by atoms with Crippen LogP contribution in [0.3, 0.4) is 0 Å². The van der Waals surface area contributed by atoms with Crippen LogP contribution in [0, 0.1) is 23.2 Å². The number of hydrogen-bond donors (Lipinski definition) is 0. The lowest BCUT2D eigenvalue weighted by molar-refractivity contribution is -0.147. The monoisotopic (exact) mass is 748 g/mol. The van der Waals surface area contributed by atoms with Crippen molar-refractivity contribution in [3.8, 4) is 29.1 Å². The van der Waals surface area contributed by atoms with Gasteiger partial charge in [0, 0.05) is 19.5 Å². The predicted molar refractivity (Wildman–Crippen MR) is 208 cm³/mol. The zero-order valence-corrected chi connectivity index (χ0v) is 32.3. The molecule has 0 bridgehead atoms. The van der Waals surface area contributed by atoms with Gasteiger partial charge >= 0.3 is 0 Å². The molecule has 2 aliphatic rings. The number of carbonyl (C=O) groups is 4. The number of aliphatic imine (C=N–C) groups is 1. The summed E-state index contributed by atoms with van der Waals surface area (Å²) < 4.78 is 23.1. The van der Waals surface area contributed by atoms with Crippen molar-refractivity contribution in [3.63, 3.8) is 0 Å². The maximum absolute atomic E-state index is 13.1. The van der Waals surface area contributed by atoms with Gasteiger partial charge in [-0.1, -0.05) is 48.5 Å². The quantitative estimate of drug-likeness (QED) is 0.101. The van der Waals surface area contributed by atoms with Crippen molar-refractivity contribution >= 4 is 30.3 Å². The molecule has 2 atom stereocenters. The summed E-state index contributed by atoms with van der Waals surface area (Å²) in [4.78, 5) is 57.4. The summed E-state index contributed by atoms with van der Waals surface area (Å²) in [7, 11) is 3.08. The van der Waals surface area contributed by atoms with E-state index in [2.05, 4.69) is 11.7 Å². The highest BCUT2D eigenvalue weighted by Gasteiger charge is 2.39. The highest BCUT2D eigenvalue weighted by Crippen LogP contribution is 2.35. The van der Waals surface area contributed by atoms with Crippen LogP contribution in [0.2, 0.25) is 0 Å². The lowest BCUT2D eigenvalue weighted by Gasteiger charge is -2.31. The van der Waals surface area contributed by atoms with E-state index in [-0.39, 0.29) is 36.2 Å². The molecule has 288 valence electrons. The number of hydrogen-bond acceptors (Lipinski definition) is 10. The second kappa shape index (κ2) is 19.7. The third-order valence-corrected chi connectivity index (χ3v) is 9.56. The molecule has 55 heavy (non-hydrogen) atoms. The molecule has 3 aromatic carbocycles. The Bertz CT molecular complexity index is 1970. The molecule has 0 saturated heterocycles. The Morgan fingerprint density at radius 2 is 1.13 bits per heavy atom. The molecule has 0 saturated carbocycles. The first-order chi connectivity index (χ1) is 26.5. The van der Waals surface area contributed by atoms with E-state index in [1.807, 2.05) is 60.7 Å². The Balaban J connectivity index is 0.00000102. The summed E-state index contributed by atoms with van der Waals surface area (Å²) in [5.41, 5.74) is 2.95. The molecule has 2 unspecified atom stereocenters. The molecule has 4 amide bonds. The first kappa shape index (κ1) is 41.5. The summed E-state index contributed by atoms with van der Waals surface area (Å²) in [6, 6.07) is 24.8. The Morgan fingerprint density at radius 1 is 0.691 bits per heavy atom. The minimum Gasteiger partial charge on any atom is -0.493 e. The van der Waals surface area contributed by atoms with Gasteiger partial charge in [-0.2, -0.15) is 5.26 Å². The molecule has 0 N–H and O–H groups in total. The number of methoxy groups -OCH3 is 2. The second-order valence-corrected chi connectivity index (χ2v) is 12.8. The van der Waals surface area contributed by atoms with Crippen LogP contribution >= 0.6 is 0 Å². The van der Waals surface area contributed by atoms with Crippen LogP contribution in [-0.4, -0.2) is 80.7 Å². The van der Waals surface area contributed by atoms with Gasteiger partial charge in [0.05, 0.1) is 39.3 Å². The predicted octanol–water partition coefficient (Wildman–Crippen LogP) is 6.15. The van der Waals surface area contributed by atoms with Crippen molar-refractivity contribution in [3.05, 3.63) is 106 Å². The standard InChI is InChI=1S/C37H42N4O8.C6H6/c1-8-40-34(42)26(22(3)28(21-38)36(40)44)17-24-11-13-29(31(19-24)46-6)48-15-10-16-49-30-14-12-25(20-32(30)47-7)18-27-23(4)33(39-5)37(45)41(9-2)35(27)43;1-2-4-6-5-3-1/h11-14,19-20,26-27H,5,8-10,15-18H2,1-4,6-7H3;1-6H. The van der Waals surface area contributed by atoms with Crippen LogP contribution in [0.5, 0.6) is 23.0 Å². The van der Waals surface area contributed by atoms with Crippen molar-refractivity contribution in [2.24, 2.45) is 16.8 Å². The highest BCUT2D eigenvalue weighted by molar-refractivity contribution is 6.11. The Kier molecular flexibility index (Phi) is 14.9. The van der Waals surface area contributed by atoms with Crippen molar-refractivity contribution in [2.75, 3.05) is 40.5 Å². The third kappa shape index (κ3) is 9.67. The average Bonchev–Trinajstić information content (AvgIpc) is 3.20. The molecule has 0 aromatic heterocycles. The fourth-order valence-electron chi connectivity index (χ4n) is 6.49. The van der Waals surface area contributed by atoms with Gasteiger partial charge in [0.25, 0.3) is 11.8 Å². The van der Waals surface area contributed by atoms with Crippen LogP contribution in [-0.2, 0) is 32.0 Å². The summed E-state index contributed by atoms with van der Waals surface area (Å²) in [6.45, 7) is 11.5. The lowest BCUT2D eigenvalue weighted by Crippen LogP contribution is -2.46. The molecular weight excluding hydrogens is 700 g/mol. The molecular formula is C43H48N4O8. The van der Waals surface area contributed by atoms with Gasteiger partial charge in [0.1, 0.15) is 17.3 Å². The van der Waals surface area contributed by atoms with Crippen LogP contribution in [0.15, 0.2) is 100 Å². The zero-order valence-electron chi connectivity index (χ0n) is 32.3. The Morgan fingerprint density at radius 3 is 1.53 bits per heavy atom. The number of likely N-dealkylation sites (N-methyl/N-ethyl adjacent to an activating group) is 2. The summed E-state index contributed by atoms with van der Waals surface area (Å²) >= 11 is 0. The van der Waals surface area contributed by atoms with Crippen LogP contribution in [0.25, 0.3) is 0 Å². The van der Waals surface area contributed by atoms with Crippen molar-refractivity contribution in [2.45, 2.75) is 47.0 Å². The van der Waals surface area contributed by atoms with E-state index in [1.165, 1.54) is 12.0 Å². The smallest absolute Gasteiger partial charge is 0.278 e. The number of imide groups is 2. The SMILES string of the molecule is C=NC1=C(C)C(Cc2ccc(OCCCOc3ccc(CC4C(=O)N(CC)C(=O)C(C#N)=C4C)cc3OC)c(OC)c2)C(=O)N(CC)C1=O.c1ccccc1. The van der Waals surface area contributed by atoms with Gasteiger partial charge < -0.3 is 18.9 Å². The third-order valence-electron chi connectivity index (χ3n) is 9.56. The minimum absolute atomic E-state index is 0.0138. The van der Waals surface area contributed by atoms with E-state index < -0.39 is 23.7 Å². The van der Waals surface area contributed by atoms with E-state index in [9.17, 15) is 24.4 Å². The van der Waals surface area contributed by atoms with E-state index in [0.29, 0.717) is 66.6 Å². The normalized spacial score (nSPS) is 17.0. The summed E-state index contributed by atoms with van der Waals surface area (Å²) in [5, 5.41) is 9.52. The number of ether oxygens (including phenoxy) is 4. The molecule has 12 heteroatoms. The fraction of sp³-hybridized carbons (Fsp3) is 0.349. The van der Waals surface area contributed by atoms with Gasteiger partial charge in [-0.05, 0) is 93.8 Å². The highest BCUT2D eigenvalue weighted by atomic mass is 16.5. The van der Waals surface area contributed by atoms with Crippen LogP contribution in [0.4, 0.5) is 0 Å². The van der Waals surface area contributed by atoms with Crippen molar-refractivity contribution < 1.29 is 38.1 Å². The number of carbonyl (C=O) groups excluding carboxylic acids is 4. The molecule has 2 heterocycles. The number of rotatable bonds is 15. The van der Waals surface area contributed by atoms with Gasteiger partial charge in [-0.3, -0.25) is 34.0 Å². The minimum atomic E-state index is -0.623. The van der Waals surface area contributed by atoms with Crippen LogP contribution in [0.1, 0.15) is 45.2 Å². The van der Waals surface area contributed by atoms with E-state index in [1.54, 1.807) is 53.0 Å². The fourth-order valence-corrected chi connectivity index (χ4v) is 6.49. The molecule has 0 spiro atoms. The van der Waals surface area contributed by atoms with Gasteiger partial charge in [0.2, 0.25) is 11.8 Å². The van der Waals surface area contributed by atoms with E-state index in [0.717, 1.165) is 16.0 Å². The Labute approximate surface area is 322 Å². The number of amides is 4. The van der Waals surface area contributed by atoms with Crippen LogP contribution < -0.4 is 18.9 Å². The largest absolute Gasteiger partial charge is 0.493 e. The number of nitrogens with zero attached hydrogens (tertiary/aromatic N) is 4. The van der Waals surface area contributed by atoms with E-state index in [4.69, 9.17) is 18.9 Å². The van der Waals surface area contributed by atoms with Gasteiger partial charge in [-0.15, -0.1) is 0 Å². The van der Waals surface area contributed by atoms with Crippen molar-refractivity contribution in [1.29, 1.82) is 5.26 Å². The van der Waals surface area contributed by atoms with Crippen molar-refractivity contribution in [1.82, 2.24) is 9.80 Å². The zero-order chi connectivity index (χ0) is 40.1. The maximum atomic E-state index is 13.1. The topological polar surface area (TPSA) is 148 Å². The second-order valence-electron chi connectivity index (χ2n) is 12.8.